The van der Waals surface area contributed by atoms with Crippen molar-refractivity contribution in [3.63, 3.8) is 0 Å². The van der Waals surface area contributed by atoms with Crippen LogP contribution in [0, 0.1) is 0 Å². The van der Waals surface area contributed by atoms with E-state index in [0.29, 0.717) is 38.9 Å². The molecule has 0 spiro atoms. The van der Waals surface area contributed by atoms with Gasteiger partial charge in [-0.15, -0.1) is 0 Å². The fourth-order valence-corrected chi connectivity index (χ4v) is 3.13. The molecule has 10 heteroatoms. The number of nitrogens with one attached hydrogen (secondary N) is 1. The van der Waals surface area contributed by atoms with Crippen molar-refractivity contribution < 1.29 is 71.9 Å². The van der Waals surface area contributed by atoms with Crippen LogP contribution in [0.2, 0.25) is 5.02 Å². The van der Waals surface area contributed by atoms with Crippen molar-refractivity contribution in [1.82, 2.24) is 19.7 Å². The third-order valence-corrected chi connectivity index (χ3v) is 4.41. The maximum Gasteiger partial charge on any atom is 1.00 e. The number of aromatic amines is 1. The number of hydrogen-bond acceptors (Lipinski definition) is 6. The summed E-state index contributed by atoms with van der Waals surface area (Å²) in [5, 5.41) is 1.36. The zero-order chi connectivity index (χ0) is 19.1. The number of fused-ring (bicyclic) bond motifs is 2. The Bertz CT molecular complexity index is 1190. The molecule has 0 amide bonds. The van der Waals surface area contributed by atoms with Crippen molar-refractivity contribution in [3.05, 3.63) is 35.6 Å². The third-order valence-electron chi connectivity index (χ3n) is 4.08. The normalized spacial score (nSPS) is 10.7. The number of halogens is 1. The van der Waals surface area contributed by atoms with E-state index >= 15 is 0 Å². The first-order chi connectivity index (χ1) is 13.0. The molecule has 0 radical (unpaired) electrons. The number of H-pyrrole nitrogens is 1. The molecule has 8 nitrogen and oxygen atoms in total. The van der Waals surface area contributed by atoms with Crippen molar-refractivity contribution in [2.45, 2.75) is 6.92 Å². The van der Waals surface area contributed by atoms with E-state index in [-0.39, 0.29) is 52.8 Å². The van der Waals surface area contributed by atoms with Gasteiger partial charge in [-0.3, -0.25) is 0 Å². The SMILES string of the molecule is COc1cc2c(nc1OC)c(-c1cc3c(Cl)ccnc3[nH]1)cn2OC(C)=O.[H-].[K+]. The van der Waals surface area contributed by atoms with Crippen LogP contribution in [0.1, 0.15) is 8.35 Å². The molecule has 0 aliphatic carbocycles. The Hall–Kier alpha value is -1.62. The molecule has 0 unspecified atom stereocenters. The molecular formula is C18H16ClKN4O4. The maximum absolute atomic E-state index is 11.5. The summed E-state index contributed by atoms with van der Waals surface area (Å²) in [6.45, 7) is 1.33. The van der Waals surface area contributed by atoms with E-state index in [1.165, 1.54) is 25.9 Å². The minimum Gasteiger partial charge on any atom is -1.00 e. The zero-order valence-corrected chi connectivity index (χ0v) is 19.6. The molecule has 28 heavy (non-hydrogen) atoms. The van der Waals surface area contributed by atoms with Gasteiger partial charge in [0.2, 0.25) is 0 Å². The maximum atomic E-state index is 11.5. The van der Waals surface area contributed by atoms with Crippen LogP contribution in [0.4, 0.5) is 0 Å². The van der Waals surface area contributed by atoms with Crippen molar-refractivity contribution in [2.75, 3.05) is 14.2 Å². The Morgan fingerprint density at radius 1 is 1.29 bits per heavy atom. The summed E-state index contributed by atoms with van der Waals surface area (Å²) in [6.07, 6.45) is 3.29. The second-order valence-electron chi connectivity index (χ2n) is 5.76. The van der Waals surface area contributed by atoms with E-state index in [0.717, 1.165) is 11.1 Å². The Morgan fingerprint density at radius 3 is 2.71 bits per heavy atom. The molecule has 0 aliphatic rings. The van der Waals surface area contributed by atoms with Gasteiger partial charge in [0.15, 0.2) is 5.75 Å². The molecule has 4 aromatic rings. The molecule has 1 N–H and O–H groups in total. The number of ether oxygens (including phenoxy) is 2. The largest absolute Gasteiger partial charge is 1.00 e. The second-order valence-corrected chi connectivity index (χ2v) is 6.16. The first-order valence-corrected chi connectivity index (χ1v) is 8.36. The minimum absolute atomic E-state index is 0. The van der Waals surface area contributed by atoms with Gasteiger partial charge in [0.25, 0.3) is 5.88 Å². The Kier molecular flexibility index (Phi) is 6.33. The van der Waals surface area contributed by atoms with Crippen LogP contribution in [-0.4, -0.2) is 39.9 Å². The van der Waals surface area contributed by atoms with Crippen LogP contribution in [0.3, 0.4) is 0 Å². The van der Waals surface area contributed by atoms with Gasteiger partial charge in [0.1, 0.15) is 16.7 Å². The van der Waals surface area contributed by atoms with E-state index in [4.69, 9.17) is 25.9 Å². The van der Waals surface area contributed by atoms with Crippen LogP contribution < -0.4 is 65.7 Å². The predicted octanol–water partition coefficient (Wildman–Crippen LogP) is 0.342. The molecule has 0 aromatic carbocycles. The molecule has 0 aliphatic heterocycles. The molecule has 0 saturated heterocycles. The first kappa shape index (κ1) is 21.1. The summed E-state index contributed by atoms with van der Waals surface area (Å²) in [7, 11) is 3.02. The van der Waals surface area contributed by atoms with Gasteiger partial charge in [0.05, 0.1) is 31.1 Å². The monoisotopic (exact) mass is 426 g/mol. The van der Waals surface area contributed by atoms with Gasteiger partial charge in [-0.05, 0) is 12.1 Å². The van der Waals surface area contributed by atoms with E-state index in [2.05, 4.69) is 15.0 Å². The number of carbonyl (C=O) groups is 1. The summed E-state index contributed by atoms with van der Waals surface area (Å²) in [4.78, 5) is 28.8. The van der Waals surface area contributed by atoms with Gasteiger partial charge >= 0.3 is 57.4 Å². The van der Waals surface area contributed by atoms with Gasteiger partial charge in [-0.25, -0.2) is 14.8 Å². The second kappa shape index (κ2) is 8.40. The van der Waals surface area contributed by atoms with E-state index in [1.54, 1.807) is 24.5 Å². The van der Waals surface area contributed by atoms with E-state index < -0.39 is 5.97 Å². The zero-order valence-electron chi connectivity index (χ0n) is 16.7. The topological polar surface area (TPSA) is 91.3 Å². The number of nitrogens with zero attached hydrogens (tertiary/aromatic N) is 3. The molecule has 4 rings (SSSR count). The first-order valence-electron chi connectivity index (χ1n) is 7.98. The number of pyridine rings is 2. The van der Waals surface area contributed by atoms with E-state index in [1.807, 2.05) is 6.07 Å². The van der Waals surface area contributed by atoms with Crippen LogP contribution in [-0.2, 0) is 4.79 Å². The average Bonchev–Trinajstić information content (AvgIpc) is 3.22. The van der Waals surface area contributed by atoms with Gasteiger partial charge in [-0.1, -0.05) is 11.6 Å². The molecular weight excluding hydrogens is 411 g/mol. The quantitative estimate of drug-likeness (QED) is 0.473. The molecule has 4 heterocycles. The molecule has 0 atom stereocenters. The molecule has 4 aromatic heterocycles. The summed E-state index contributed by atoms with van der Waals surface area (Å²) in [5.74, 6) is 0.276. The number of hydrogen-bond donors (Lipinski definition) is 1. The number of aromatic nitrogens is 4. The summed E-state index contributed by atoms with van der Waals surface area (Å²) >= 11 is 6.25. The number of carbonyl (C=O) groups excluding carboxylic acids is 1. The van der Waals surface area contributed by atoms with Crippen LogP contribution in [0.15, 0.2) is 30.6 Å². The fraction of sp³-hybridized carbons (Fsp3) is 0.167. The van der Waals surface area contributed by atoms with Gasteiger partial charge < -0.3 is 20.7 Å². The fourth-order valence-electron chi connectivity index (χ4n) is 2.93. The van der Waals surface area contributed by atoms with Crippen LogP contribution in [0.5, 0.6) is 11.6 Å². The molecule has 0 fully saturated rings. The summed E-state index contributed by atoms with van der Waals surface area (Å²) in [5.41, 5.74) is 3.18. The van der Waals surface area contributed by atoms with Crippen molar-refractivity contribution in [3.8, 4) is 22.9 Å². The van der Waals surface area contributed by atoms with Crippen molar-refractivity contribution >= 4 is 39.6 Å². The van der Waals surface area contributed by atoms with Crippen molar-refractivity contribution in [2.24, 2.45) is 0 Å². The minimum atomic E-state index is -0.463. The Balaban J connectivity index is 0.00000150. The van der Waals surface area contributed by atoms with Gasteiger partial charge in [-0.2, -0.15) is 4.73 Å². The number of methoxy groups -OCH3 is 2. The Morgan fingerprint density at radius 2 is 2.07 bits per heavy atom. The molecule has 0 bridgehead atoms. The van der Waals surface area contributed by atoms with Crippen molar-refractivity contribution in [1.29, 1.82) is 0 Å². The molecule has 140 valence electrons. The molecule has 0 saturated carbocycles. The standard InChI is InChI=1S/C18H15ClN4O4.K.H/c1-9(24)27-23-8-11(13-6-10-12(19)4-5-20-17(10)21-13)16-14(23)7-15(25-2)18(22-16)26-3;;/h4-8H,1-3H3,(H,20,21);;/q;+1;-1. The summed E-state index contributed by atoms with van der Waals surface area (Å²) in [6, 6.07) is 5.28. The Labute approximate surface area is 209 Å². The average molecular weight is 427 g/mol. The number of rotatable bonds is 4. The summed E-state index contributed by atoms with van der Waals surface area (Å²) < 4.78 is 12.0. The smallest absolute Gasteiger partial charge is 1.00 e. The van der Waals surface area contributed by atoms with E-state index in [9.17, 15) is 4.79 Å². The third kappa shape index (κ3) is 3.65. The predicted molar refractivity (Wildman–Crippen MR) is 101 cm³/mol. The van der Waals surface area contributed by atoms with Crippen LogP contribution in [0.25, 0.3) is 33.3 Å². The van der Waals surface area contributed by atoms with Gasteiger partial charge in [0, 0.05) is 30.1 Å². The van der Waals surface area contributed by atoms with Crippen LogP contribution >= 0.6 is 11.6 Å².